The fourth-order valence-electron chi connectivity index (χ4n) is 6.91. The lowest BCUT2D eigenvalue weighted by atomic mass is 9.83. The minimum absolute atomic E-state index is 0.0162. The van der Waals surface area contributed by atoms with Crippen molar-refractivity contribution >= 4 is 44.6 Å². The fourth-order valence-corrected chi connectivity index (χ4v) is 10.5. The maximum Gasteiger partial charge on any atom is 0.410 e. The van der Waals surface area contributed by atoms with Crippen molar-refractivity contribution < 1.29 is 37.1 Å². The highest BCUT2D eigenvalue weighted by Crippen LogP contribution is 2.67. The van der Waals surface area contributed by atoms with Crippen molar-refractivity contribution in [3.05, 3.63) is 83.8 Å². The van der Waals surface area contributed by atoms with Crippen LogP contribution in [0.3, 0.4) is 0 Å². The van der Waals surface area contributed by atoms with Crippen LogP contribution in [0.5, 0.6) is 0 Å². The van der Waals surface area contributed by atoms with Gasteiger partial charge in [-0.15, -0.1) is 0 Å². The summed E-state index contributed by atoms with van der Waals surface area (Å²) in [6.45, 7) is 4.11. The van der Waals surface area contributed by atoms with Crippen LogP contribution in [-0.2, 0) is 19.1 Å². The molecule has 3 atom stereocenters. The van der Waals surface area contributed by atoms with Crippen molar-refractivity contribution in [1.29, 1.82) is 5.26 Å². The van der Waals surface area contributed by atoms with Gasteiger partial charge < -0.3 is 4.74 Å². The highest BCUT2D eigenvalue weighted by Gasteiger charge is 2.55. The van der Waals surface area contributed by atoms with Gasteiger partial charge in [0.2, 0.25) is 16.9 Å². The molecule has 1 unspecified atom stereocenters. The van der Waals surface area contributed by atoms with Crippen LogP contribution in [0.1, 0.15) is 50.8 Å². The van der Waals surface area contributed by atoms with Crippen LogP contribution < -0.4 is 9.80 Å². The summed E-state index contributed by atoms with van der Waals surface area (Å²) >= 11 is 0. The van der Waals surface area contributed by atoms with Gasteiger partial charge >= 0.3 is 6.09 Å². The van der Waals surface area contributed by atoms with Gasteiger partial charge in [0.25, 0.3) is 5.91 Å². The van der Waals surface area contributed by atoms with Crippen LogP contribution in [0.2, 0.25) is 0 Å². The lowest BCUT2D eigenvalue weighted by molar-refractivity contribution is -0.129. The zero-order chi connectivity index (χ0) is 36.2. The second-order valence-electron chi connectivity index (χ2n) is 14.0. The molecular weight excluding hydrogens is 671 g/mol. The number of amides is 3. The summed E-state index contributed by atoms with van der Waals surface area (Å²) in [5.41, 5.74) is -0.278. The number of aromatic nitrogens is 1. The molecule has 1 saturated carbocycles. The Hall–Kier alpha value is -4.90. The number of halogens is 3. The Balaban J connectivity index is 1.48. The third-order valence-electron chi connectivity index (χ3n) is 9.05. The SMILES string of the molecule is CC(C)(C)OC(=O)N1CC(=O)N(c2cc(C#N)ccn2)[C@H](C(=O)N(c2cccc(F)c2)[C@@H]2C(=O)S(C)(CC3CC(F)(F)C3)c3ccccc32)C1. The Morgan fingerprint density at radius 2 is 1.82 bits per heavy atom. The van der Waals surface area contributed by atoms with Crippen LogP contribution >= 0.6 is 10.0 Å². The van der Waals surface area contributed by atoms with E-state index in [4.69, 9.17) is 4.74 Å². The van der Waals surface area contributed by atoms with Crippen LogP contribution in [0, 0.1) is 23.1 Å². The Morgan fingerprint density at radius 1 is 1.10 bits per heavy atom. The number of hydrogen-bond acceptors (Lipinski definition) is 7. The van der Waals surface area contributed by atoms with E-state index in [0.717, 1.165) is 20.8 Å². The normalized spacial score (nSPS) is 24.4. The van der Waals surface area contributed by atoms with E-state index in [1.165, 1.54) is 36.5 Å². The predicted octanol–water partition coefficient (Wildman–Crippen LogP) is 6.20. The maximum absolute atomic E-state index is 15.2. The van der Waals surface area contributed by atoms with Crippen molar-refractivity contribution in [1.82, 2.24) is 9.88 Å². The molecule has 0 spiro atoms. The summed E-state index contributed by atoms with van der Waals surface area (Å²) < 4.78 is 48.3. The minimum atomic E-state index is -2.79. The van der Waals surface area contributed by atoms with Crippen LogP contribution in [-0.4, -0.2) is 75.6 Å². The molecule has 3 aromatic rings. The first kappa shape index (κ1) is 34.9. The number of pyridine rings is 1. The Labute approximate surface area is 289 Å². The fraction of sp³-hybridized carbons (Fsp3) is 0.389. The lowest BCUT2D eigenvalue weighted by Crippen LogP contribution is -2.64. The molecule has 0 N–H and O–H groups in total. The van der Waals surface area contributed by atoms with Crippen LogP contribution in [0.15, 0.2) is 71.8 Å². The molecule has 10 nitrogen and oxygen atoms in total. The predicted molar refractivity (Wildman–Crippen MR) is 180 cm³/mol. The number of ether oxygens (including phenoxy) is 1. The molecule has 1 aliphatic carbocycles. The first-order valence-corrected chi connectivity index (χ1v) is 18.2. The number of rotatable bonds is 6. The number of nitrogens with zero attached hydrogens (tertiary/aromatic N) is 5. The van der Waals surface area contributed by atoms with Gasteiger partial charge in [-0.3, -0.25) is 29.1 Å². The van der Waals surface area contributed by atoms with Gasteiger partial charge in [0.15, 0.2) is 0 Å². The van der Waals surface area contributed by atoms with Crippen LogP contribution in [0.4, 0.5) is 29.5 Å². The highest BCUT2D eigenvalue weighted by atomic mass is 32.3. The molecule has 0 radical (unpaired) electrons. The number of anilines is 2. The molecule has 2 aromatic carbocycles. The van der Waals surface area contributed by atoms with Gasteiger partial charge in [-0.05, 0) is 80.7 Å². The molecule has 50 heavy (non-hydrogen) atoms. The molecule has 3 aliphatic rings. The van der Waals surface area contributed by atoms with Gasteiger partial charge in [-0.1, -0.05) is 24.3 Å². The molecule has 1 aromatic heterocycles. The van der Waals surface area contributed by atoms with Crippen molar-refractivity contribution in [2.45, 2.75) is 62.1 Å². The third kappa shape index (κ3) is 6.54. The minimum Gasteiger partial charge on any atom is -0.444 e. The monoisotopic (exact) mass is 707 g/mol. The Kier molecular flexibility index (Phi) is 8.92. The number of piperazine rings is 1. The number of alkyl halides is 2. The molecule has 14 heteroatoms. The standard InChI is InChI=1S/C36H36F3N5O5S/c1-35(2,3)49-34(48)42-19-27(44(30(45)20-42)29-14-22(18-40)12-13-41-29)32(46)43(25-9-7-8-24(37)15-25)31-26-10-5-6-11-28(26)50(4,33(31)47)21-23-16-36(38,39)17-23/h5-15,23,27,31H,16-17,19-21H2,1-4H3/t27-,31-/m0/s1. The largest absolute Gasteiger partial charge is 0.444 e. The number of hydrogen-bond donors (Lipinski definition) is 0. The van der Waals surface area contributed by atoms with Crippen molar-refractivity contribution in [3.63, 3.8) is 0 Å². The van der Waals surface area contributed by atoms with Crippen molar-refractivity contribution in [2.24, 2.45) is 5.92 Å². The van der Waals surface area contributed by atoms with E-state index >= 15 is 4.79 Å². The van der Waals surface area contributed by atoms with Gasteiger partial charge in [-0.2, -0.15) is 15.3 Å². The first-order valence-electron chi connectivity index (χ1n) is 16.0. The molecular formula is C36H36F3N5O5S. The van der Waals surface area contributed by atoms with E-state index < -0.39 is 69.8 Å². The maximum atomic E-state index is 15.2. The Bertz CT molecular complexity index is 1920. The van der Waals surface area contributed by atoms with Gasteiger partial charge in [0.05, 0.1) is 18.2 Å². The quantitative estimate of drug-likeness (QED) is 0.299. The summed E-state index contributed by atoms with van der Waals surface area (Å²) in [5.74, 6) is -5.25. The zero-order valence-corrected chi connectivity index (χ0v) is 28.8. The molecule has 3 heterocycles. The number of carbonyl (C=O) groups excluding carboxylic acids is 4. The van der Waals surface area contributed by atoms with E-state index in [0.29, 0.717) is 10.5 Å². The zero-order valence-electron chi connectivity index (χ0n) is 27.9. The van der Waals surface area contributed by atoms with Crippen molar-refractivity contribution in [2.75, 3.05) is 34.9 Å². The summed E-state index contributed by atoms with van der Waals surface area (Å²) in [7, 11) is -2.43. The molecule has 2 fully saturated rings. The number of fused-ring (bicyclic) bond motifs is 1. The summed E-state index contributed by atoms with van der Waals surface area (Å²) in [6.07, 6.45) is 1.54. The molecule has 0 bridgehead atoms. The number of carbonyl (C=O) groups is 4. The number of benzene rings is 2. The molecule has 262 valence electrons. The average molecular weight is 708 g/mol. The van der Waals surface area contributed by atoms with Gasteiger partial charge in [0.1, 0.15) is 35.9 Å². The highest BCUT2D eigenvalue weighted by molar-refractivity contribution is 8.45. The second-order valence-corrected chi connectivity index (χ2v) is 17.3. The van der Waals surface area contributed by atoms with E-state index in [-0.39, 0.29) is 47.3 Å². The van der Waals surface area contributed by atoms with Gasteiger partial charge in [0, 0.05) is 29.6 Å². The summed E-state index contributed by atoms with van der Waals surface area (Å²) in [5, 5.41) is 9.21. The lowest BCUT2D eigenvalue weighted by Gasteiger charge is -2.43. The van der Waals surface area contributed by atoms with Gasteiger partial charge in [-0.25, -0.2) is 22.9 Å². The van der Waals surface area contributed by atoms with E-state index in [2.05, 4.69) is 4.98 Å². The summed E-state index contributed by atoms with van der Waals surface area (Å²) in [6, 6.07) is 14.0. The van der Waals surface area contributed by atoms with E-state index in [1.54, 1.807) is 51.3 Å². The average Bonchev–Trinajstić information content (AvgIpc) is 3.25. The summed E-state index contributed by atoms with van der Waals surface area (Å²) in [4.78, 5) is 65.4. The molecule has 6 rings (SSSR count). The molecule has 2 aliphatic heterocycles. The smallest absolute Gasteiger partial charge is 0.410 e. The topological polar surface area (TPSA) is 124 Å². The Morgan fingerprint density at radius 3 is 2.48 bits per heavy atom. The van der Waals surface area contributed by atoms with Crippen LogP contribution in [0.25, 0.3) is 0 Å². The third-order valence-corrected chi connectivity index (χ3v) is 12.6. The first-order chi connectivity index (χ1) is 23.5. The van der Waals surface area contributed by atoms with E-state index in [9.17, 15) is 32.8 Å². The molecule has 1 saturated heterocycles. The number of nitriles is 1. The van der Waals surface area contributed by atoms with Crippen molar-refractivity contribution in [3.8, 4) is 6.07 Å². The second kappa shape index (κ2) is 12.8. The van der Waals surface area contributed by atoms with E-state index in [1.807, 2.05) is 6.07 Å². The molecule has 3 amide bonds.